The van der Waals surface area contributed by atoms with Gasteiger partial charge in [-0.2, -0.15) is 0 Å². The number of rotatable bonds is 5. The van der Waals surface area contributed by atoms with Gasteiger partial charge in [0.1, 0.15) is 17.8 Å². The Morgan fingerprint density at radius 1 is 1.08 bits per heavy atom. The second-order valence-corrected chi connectivity index (χ2v) is 5.84. The quantitative estimate of drug-likeness (QED) is 0.753. The molecule has 5 nitrogen and oxygen atoms in total. The van der Waals surface area contributed by atoms with Gasteiger partial charge in [0, 0.05) is 30.4 Å². The summed E-state index contributed by atoms with van der Waals surface area (Å²) < 4.78 is 0. The van der Waals surface area contributed by atoms with Gasteiger partial charge in [0.25, 0.3) is 5.91 Å². The van der Waals surface area contributed by atoms with E-state index in [9.17, 15) is 4.79 Å². The molecule has 0 radical (unpaired) electrons. The Hall–Kier alpha value is -2.92. The van der Waals surface area contributed by atoms with Crippen LogP contribution in [0.25, 0.3) is 0 Å². The number of para-hydroxylation sites is 1. The summed E-state index contributed by atoms with van der Waals surface area (Å²) in [6, 6.07) is 18.6. The molecule has 0 spiro atoms. The first kappa shape index (κ1) is 16.9. The van der Waals surface area contributed by atoms with Gasteiger partial charge < -0.3 is 10.2 Å². The normalized spacial score (nSPS) is 10.3. The number of hydrogen-bond acceptors (Lipinski definition) is 4. The maximum Gasteiger partial charge on any atom is 0.276 e. The summed E-state index contributed by atoms with van der Waals surface area (Å²) in [5.41, 5.74) is 2.08. The Balaban J connectivity index is 1.73. The third-order valence-corrected chi connectivity index (χ3v) is 4.12. The molecule has 0 aliphatic carbocycles. The average Bonchev–Trinajstić information content (AvgIpc) is 2.67. The number of anilines is 2. The molecule has 0 fully saturated rings. The van der Waals surface area contributed by atoms with Crippen molar-refractivity contribution in [2.75, 3.05) is 17.3 Å². The molecular formula is C19H17ClN4O. The zero-order valence-corrected chi connectivity index (χ0v) is 14.4. The number of nitrogens with zero attached hydrogens (tertiary/aromatic N) is 3. The SMILES string of the molecule is CN(C(=O)c1cc(NCc2ccccc2Cl)ncn1)c1ccccc1. The molecule has 1 heterocycles. The molecule has 0 bridgehead atoms. The van der Waals surface area contributed by atoms with Crippen molar-refractivity contribution in [3.8, 4) is 0 Å². The minimum atomic E-state index is -0.200. The van der Waals surface area contributed by atoms with Gasteiger partial charge in [-0.15, -0.1) is 0 Å². The van der Waals surface area contributed by atoms with E-state index in [1.54, 1.807) is 18.0 Å². The molecule has 0 saturated carbocycles. The number of aromatic nitrogens is 2. The third kappa shape index (κ3) is 4.14. The predicted octanol–water partition coefficient (Wildman–Crippen LogP) is 4.02. The first-order valence-corrected chi connectivity index (χ1v) is 8.15. The van der Waals surface area contributed by atoms with Gasteiger partial charge in [0.15, 0.2) is 0 Å². The molecule has 0 unspecified atom stereocenters. The Morgan fingerprint density at radius 3 is 2.56 bits per heavy atom. The van der Waals surface area contributed by atoms with Crippen LogP contribution in [-0.4, -0.2) is 22.9 Å². The van der Waals surface area contributed by atoms with E-state index in [-0.39, 0.29) is 5.91 Å². The topological polar surface area (TPSA) is 58.1 Å². The second-order valence-electron chi connectivity index (χ2n) is 5.43. The molecule has 0 aliphatic heterocycles. The molecule has 25 heavy (non-hydrogen) atoms. The number of carbonyl (C=O) groups excluding carboxylic acids is 1. The summed E-state index contributed by atoms with van der Waals surface area (Å²) in [6.45, 7) is 0.513. The average molecular weight is 353 g/mol. The first-order valence-electron chi connectivity index (χ1n) is 7.77. The van der Waals surface area contributed by atoms with E-state index in [2.05, 4.69) is 15.3 Å². The Bertz CT molecular complexity index is 870. The van der Waals surface area contributed by atoms with Gasteiger partial charge in [-0.3, -0.25) is 4.79 Å². The Morgan fingerprint density at radius 2 is 1.80 bits per heavy atom. The van der Waals surface area contributed by atoms with Crippen molar-refractivity contribution < 1.29 is 4.79 Å². The van der Waals surface area contributed by atoms with Gasteiger partial charge in [0.2, 0.25) is 0 Å². The molecule has 126 valence electrons. The highest BCUT2D eigenvalue weighted by atomic mass is 35.5. The summed E-state index contributed by atoms with van der Waals surface area (Å²) in [6.07, 6.45) is 1.38. The maximum absolute atomic E-state index is 12.6. The zero-order valence-electron chi connectivity index (χ0n) is 13.7. The standard InChI is InChI=1S/C19H17ClN4O/c1-24(15-8-3-2-4-9-15)19(25)17-11-18(23-13-22-17)21-12-14-7-5-6-10-16(14)20/h2-11,13H,12H2,1H3,(H,21,22,23). The van der Waals surface area contributed by atoms with E-state index in [4.69, 9.17) is 11.6 Å². The van der Waals surface area contributed by atoms with Crippen molar-refractivity contribution in [3.63, 3.8) is 0 Å². The molecule has 1 amide bonds. The van der Waals surface area contributed by atoms with Crippen LogP contribution in [0.15, 0.2) is 67.0 Å². The Kier molecular flexibility index (Phi) is 5.26. The molecular weight excluding hydrogens is 336 g/mol. The van der Waals surface area contributed by atoms with Crippen LogP contribution in [0.3, 0.4) is 0 Å². The first-order chi connectivity index (χ1) is 12.1. The fourth-order valence-corrected chi connectivity index (χ4v) is 2.54. The highest BCUT2D eigenvalue weighted by molar-refractivity contribution is 6.31. The number of amides is 1. The van der Waals surface area contributed by atoms with Crippen LogP contribution < -0.4 is 10.2 Å². The maximum atomic E-state index is 12.6. The van der Waals surface area contributed by atoms with Crippen LogP contribution in [0, 0.1) is 0 Å². The van der Waals surface area contributed by atoms with E-state index in [0.29, 0.717) is 23.1 Å². The summed E-state index contributed by atoms with van der Waals surface area (Å²) in [5, 5.41) is 3.85. The minimum Gasteiger partial charge on any atom is -0.366 e. The van der Waals surface area contributed by atoms with Crippen LogP contribution >= 0.6 is 11.6 Å². The molecule has 3 rings (SSSR count). The smallest absolute Gasteiger partial charge is 0.276 e. The van der Waals surface area contributed by atoms with E-state index < -0.39 is 0 Å². The highest BCUT2D eigenvalue weighted by Crippen LogP contribution is 2.17. The summed E-state index contributed by atoms with van der Waals surface area (Å²) in [4.78, 5) is 22.4. The Labute approximate surface area is 151 Å². The van der Waals surface area contributed by atoms with Crippen molar-refractivity contribution >= 4 is 29.0 Å². The molecule has 0 saturated heterocycles. The van der Waals surface area contributed by atoms with Crippen molar-refractivity contribution in [3.05, 3.63) is 83.3 Å². The lowest BCUT2D eigenvalue weighted by atomic mass is 10.2. The van der Waals surface area contributed by atoms with Crippen LogP contribution in [0.2, 0.25) is 5.02 Å². The lowest BCUT2D eigenvalue weighted by molar-refractivity contribution is 0.0988. The molecule has 1 N–H and O–H groups in total. The summed E-state index contributed by atoms with van der Waals surface area (Å²) in [5.74, 6) is 0.370. The highest BCUT2D eigenvalue weighted by Gasteiger charge is 2.15. The van der Waals surface area contributed by atoms with Crippen LogP contribution in [0.1, 0.15) is 16.1 Å². The van der Waals surface area contributed by atoms with E-state index in [1.165, 1.54) is 6.33 Å². The number of benzene rings is 2. The van der Waals surface area contributed by atoms with Crippen molar-refractivity contribution in [2.24, 2.45) is 0 Å². The van der Waals surface area contributed by atoms with Crippen LogP contribution in [-0.2, 0) is 6.54 Å². The lowest BCUT2D eigenvalue weighted by Gasteiger charge is -2.17. The van der Waals surface area contributed by atoms with Crippen molar-refractivity contribution in [1.29, 1.82) is 0 Å². The minimum absolute atomic E-state index is 0.200. The van der Waals surface area contributed by atoms with Crippen LogP contribution in [0.5, 0.6) is 0 Å². The monoisotopic (exact) mass is 352 g/mol. The van der Waals surface area contributed by atoms with E-state index in [0.717, 1.165) is 11.3 Å². The van der Waals surface area contributed by atoms with E-state index >= 15 is 0 Å². The molecule has 3 aromatic rings. The van der Waals surface area contributed by atoms with Crippen molar-refractivity contribution in [1.82, 2.24) is 9.97 Å². The number of carbonyl (C=O) groups is 1. The number of nitrogens with one attached hydrogen (secondary N) is 1. The van der Waals surface area contributed by atoms with Crippen molar-refractivity contribution in [2.45, 2.75) is 6.54 Å². The van der Waals surface area contributed by atoms with Gasteiger partial charge in [0.05, 0.1) is 0 Å². The van der Waals surface area contributed by atoms with Gasteiger partial charge in [-0.25, -0.2) is 9.97 Å². The predicted molar refractivity (Wildman–Crippen MR) is 100.0 cm³/mol. The van der Waals surface area contributed by atoms with E-state index in [1.807, 2.05) is 54.6 Å². The lowest BCUT2D eigenvalue weighted by Crippen LogP contribution is -2.27. The fourth-order valence-electron chi connectivity index (χ4n) is 2.34. The molecule has 0 aliphatic rings. The number of hydrogen-bond donors (Lipinski definition) is 1. The summed E-state index contributed by atoms with van der Waals surface area (Å²) >= 11 is 6.15. The molecule has 2 aromatic carbocycles. The number of halogens is 1. The zero-order chi connectivity index (χ0) is 17.6. The summed E-state index contributed by atoms with van der Waals surface area (Å²) in [7, 11) is 1.72. The largest absolute Gasteiger partial charge is 0.366 e. The fraction of sp³-hybridized carbons (Fsp3) is 0.105. The molecule has 1 aromatic heterocycles. The second kappa shape index (κ2) is 7.77. The molecule has 0 atom stereocenters. The third-order valence-electron chi connectivity index (χ3n) is 3.75. The van der Waals surface area contributed by atoms with Gasteiger partial charge in [-0.1, -0.05) is 48.0 Å². The molecule has 6 heteroatoms. The van der Waals surface area contributed by atoms with Gasteiger partial charge in [-0.05, 0) is 23.8 Å². The van der Waals surface area contributed by atoms with Gasteiger partial charge >= 0.3 is 0 Å². The van der Waals surface area contributed by atoms with Crippen LogP contribution in [0.4, 0.5) is 11.5 Å².